The highest BCUT2D eigenvalue weighted by Gasteiger charge is 2.40. The lowest BCUT2D eigenvalue weighted by molar-refractivity contribution is -0.0995. The van der Waals surface area contributed by atoms with Gasteiger partial charge in [-0.2, -0.15) is 0 Å². The quantitative estimate of drug-likeness (QED) is 0.762. The first-order chi connectivity index (χ1) is 7.14. The Balaban J connectivity index is 2.61. The number of hydrogen-bond acceptors (Lipinski definition) is 3. The van der Waals surface area contributed by atoms with Gasteiger partial charge in [0.15, 0.2) is 0 Å². The van der Waals surface area contributed by atoms with Crippen LogP contribution in [0.4, 0.5) is 0 Å². The fraction of sp³-hybridized carbons (Fsp3) is 1.00. The third-order valence-corrected chi connectivity index (χ3v) is 3.57. The highest BCUT2D eigenvalue weighted by molar-refractivity contribution is 4.95. The van der Waals surface area contributed by atoms with Gasteiger partial charge in [-0.15, -0.1) is 0 Å². The van der Waals surface area contributed by atoms with E-state index in [1.54, 1.807) is 7.11 Å². The van der Waals surface area contributed by atoms with E-state index in [4.69, 9.17) is 15.2 Å². The second-order valence-corrected chi connectivity index (χ2v) is 4.74. The first-order valence-corrected chi connectivity index (χ1v) is 6.03. The first kappa shape index (κ1) is 12.9. The molecule has 0 radical (unpaired) electrons. The van der Waals surface area contributed by atoms with Gasteiger partial charge in [0.2, 0.25) is 0 Å². The van der Waals surface area contributed by atoms with E-state index >= 15 is 0 Å². The lowest BCUT2D eigenvalue weighted by atomic mass is 9.75. The molecule has 0 bridgehead atoms. The van der Waals surface area contributed by atoms with Gasteiger partial charge in [0, 0.05) is 13.7 Å². The van der Waals surface area contributed by atoms with E-state index in [0.29, 0.717) is 6.61 Å². The fourth-order valence-corrected chi connectivity index (χ4v) is 2.49. The predicted molar refractivity (Wildman–Crippen MR) is 61.8 cm³/mol. The largest absolute Gasteiger partial charge is 0.383 e. The van der Waals surface area contributed by atoms with Crippen LogP contribution in [0.15, 0.2) is 0 Å². The van der Waals surface area contributed by atoms with Crippen molar-refractivity contribution in [2.24, 2.45) is 11.7 Å². The molecule has 1 saturated carbocycles. The monoisotopic (exact) mass is 215 g/mol. The summed E-state index contributed by atoms with van der Waals surface area (Å²) in [6, 6.07) is 0.00921. The Morgan fingerprint density at radius 2 is 2.00 bits per heavy atom. The Morgan fingerprint density at radius 1 is 1.40 bits per heavy atom. The standard InChI is InChI=1S/C12H25NO2/c1-4-15-12(11(13)9-14-3)7-5-10(2)6-8-12/h10-11H,4-9,13H2,1-3H3. The zero-order valence-electron chi connectivity index (χ0n) is 10.3. The highest BCUT2D eigenvalue weighted by atomic mass is 16.5. The second kappa shape index (κ2) is 5.83. The van der Waals surface area contributed by atoms with Crippen LogP contribution in [0.3, 0.4) is 0 Å². The van der Waals surface area contributed by atoms with Crippen LogP contribution in [0.2, 0.25) is 0 Å². The minimum atomic E-state index is -0.128. The second-order valence-electron chi connectivity index (χ2n) is 4.74. The zero-order chi connectivity index (χ0) is 11.3. The van der Waals surface area contributed by atoms with Crippen LogP contribution >= 0.6 is 0 Å². The maximum atomic E-state index is 6.18. The number of nitrogens with two attached hydrogens (primary N) is 1. The van der Waals surface area contributed by atoms with Crippen molar-refractivity contribution in [2.75, 3.05) is 20.3 Å². The van der Waals surface area contributed by atoms with E-state index in [1.165, 1.54) is 12.8 Å². The van der Waals surface area contributed by atoms with Crippen molar-refractivity contribution in [1.82, 2.24) is 0 Å². The third kappa shape index (κ3) is 3.16. The minimum absolute atomic E-state index is 0.00921. The topological polar surface area (TPSA) is 44.5 Å². The molecule has 0 aromatic carbocycles. The summed E-state index contributed by atoms with van der Waals surface area (Å²) in [5.74, 6) is 0.813. The molecule has 0 aromatic rings. The van der Waals surface area contributed by atoms with Crippen LogP contribution in [-0.2, 0) is 9.47 Å². The summed E-state index contributed by atoms with van der Waals surface area (Å²) < 4.78 is 11.1. The summed E-state index contributed by atoms with van der Waals surface area (Å²) in [6.07, 6.45) is 4.59. The molecular weight excluding hydrogens is 190 g/mol. The van der Waals surface area contributed by atoms with Crippen molar-refractivity contribution >= 4 is 0 Å². The molecule has 3 heteroatoms. The smallest absolute Gasteiger partial charge is 0.0855 e. The molecule has 1 rings (SSSR count). The first-order valence-electron chi connectivity index (χ1n) is 6.03. The van der Waals surface area contributed by atoms with Crippen molar-refractivity contribution < 1.29 is 9.47 Å². The molecule has 15 heavy (non-hydrogen) atoms. The molecule has 1 aliphatic rings. The molecule has 0 aromatic heterocycles. The summed E-state index contributed by atoms with van der Waals surface area (Å²) in [4.78, 5) is 0. The number of hydrogen-bond donors (Lipinski definition) is 1. The normalized spacial score (nSPS) is 34.0. The Kier molecular flexibility index (Phi) is 5.03. The Morgan fingerprint density at radius 3 is 2.47 bits per heavy atom. The van der Waals surface area contributed by atoms with E-state index in [0.717, 1.165) is 25.4 Å². The van der Waals surface area contributed by atoms with Gasteiger partial charge in [-0.05, 0) is 38.5 Å². The highest BCUT2D eigenvalue weighted by Crippen LogP contribution is 2.36. The van der Waals surface area contributed by atoms with E-state index in [2.05, 4.69) is 6.92 Å². The molecule has 2 N–H and O–H groups in total. The van der Waals surface area contributed by atoms with Crippen LogP contribution in [0.25, 0.3) is 0 Å². The van der Waals surface area contributed by atoms with Crippen molar-refractivity contribution in [1.29, 1.82) is 0 Å². The molecule has 0 amide bonds. The molecule has 90 valence electrons. The van der Waals surface area contributed by atoms with Gasteiger partial charge >= 0.3 is 0 Å². The SMILES string of the molecule is CCOC1(C(N)COC)CCC(C)CC1. The van der Waals surface area contributed by atoms with Gasteiger partial charge in [-0.3, -0.25) is 0 Å². The average Bonchev–Trinajstić information content (AvgIpc) is 2.22. The molecular formula is C12H25NO2. The summed E-state index contributed by atoms with van der Waals surface area (Å²) in [6.45, 7) is 5.68. The Labute approximate surface area is 93.3 Å². The van der Waals surface area contributed by atoms with Crippen molar-refractivity contribution in [3.63, 3.8) is 0 Å². The van der Waals surface area contributed by atoms with Gasteiger partial charge in [0.1, 0.15) is 0 Å². The van der Waals surface area contributed by atoms with E-state index in [9.17, 15) is 0 Å². The van der Waals surface area contributed by atoms with E-state index in [-0.39, 0.29) is 11.6 Å². The third-order valence-electron chi connectivity index (χ3n) is 3.57. The maximum absolute atomic E-state index is 6.18. The number of methoxy groups -OCH3 is 1. The maximum Gasteiger partial charge on any atom is 0.0855 e. The van der Waals surface area contributed by atoms with Crippen LogP contribution in [0, 0.1) is 5.92 Å². The van der Waals surface area contributed by atoms with Crippen molar-refractivity contribution in [2.45, 2.75) is 51.2 Å². The average molecular weight is 215 g/mol. The lowest BCUT2D eigenvalue weighted by Crippen LogP contribution is -2.54. The molecule has 1 atom stereocenters. The van der Waals surface area contributed by atoms with Crippen molar-refractivity contribution in [3.05, 3.63) is 0 Å². The predicted octanol–water partition coefficient (Wildman–Crippen LogP) is 1.95. The molecule has 1 fully saturated rings. The van der Waals surface area contributed by atoms with Gasteiger partial charge in [-0.1, -0.05) is 6.92 Å². The van der Waals surface area contributed by atoms with Gasteiger partial charge in [-0.25, -0.2) is 0 Å². The Bertz CT molecular complexity index is 176. The van der Waals surface area contributed by atoms with Crippen LogP contribution in [0.5, 0.6) is 0 Å². The minimum Gasteiger partial charge on any atom is -0.383 e. The number of ether oxygens (including phenoxy) is 2. The lowest BCUT2D eigenvalue weighted by Gasteiger charge is -2.43. The molecule has 0 aliphatic heterocycles. The molecule has 0 heterocycles. The molecule has 3 nitrogen and oxygen atoms in total. The fourth-order valence-electron chi connectivity index (χ4n) is 2.49. The molecule has 1 aliphatic carbocycles. The zero-order valence-corrected chi connectivity index (χ0v) is 10.3. The Hall–Kier alpha value is -0.120. The van der Waals surface area contributed by atoms with E-state index < -0.39 is 0 Å². The summed E-state index contributed by atoms with van der Waals surface area (Å²) in [5, 5.41) is 0. The van der Waals surface area contributed by atoms with Gasteiger partial charge in [0.05, 0.1) is 18.2 Å². The molecule has 0 spiro atoms. The summed E-state index contributed by atoms with van der Waals surface area (Å²) in [7, 11) is 1.70. The molecule has 0 saturated heterocycles. The van der Waals surface area contributed by atoms with Crippen LogP contribution in [0.1, 0.15) is 39.5 Å². The molecule has 1 unspecified atom stereocenters. The summed E-state index contributed by atoms with van der Waals surface area (Å²) >= 11 is 0. The summed E-state index contributed by atoms with van der Waals surface area (Å²) in [5.41, 5.74) is 6.05. The van der Waals surface area contributed by atoms with Gasteiger partial charge < -0.3 is 15.2 Å². The van der Waals surface area contributed by atoms with Crippen LogP contribution in [-0.4, -0.2) is 32.0 Å². The van der Waals surface area contributed by atoms with Crippen molar-refractivity contribution in [3.8, 4) is 0 Å². The van der Waals surface area contributed by atoms with Gasteiger partial charge in [0.25, 0.3) is 0 Å². The number of rotatable bonds is 5. The van der Waals surface area contributed by atoms with Crippen LogP contribution < -0.4 is 5.73 Å². The van der Waals surface area contributed by atoms with E-state index in [1.807, 2.05) is 6.92 Å².